The number of unbranched alkanes of at least 4 members (excludes halogenated alkanes) is 3. The van der Waals surface area contributed by atoms with Crippen molar-refractivity contribution in [2.45, 2.75) is 46.0 Å². The van der Waals surface area contributed by atoms with Gasteiger partial charge in [0, 0.05) is 17.2 Å². The average molecular weight is 449 g/mol. The zero-order valence-electron chi connectivity index (χ0n) is 17.8. The largest absolute Gasteiger partial charge is 0.494 e. The smallest absolute Gasteiger partial charge is 0.293 e. The topological polar surface area (TPSA) is 116 Å². The second kappa shape index (κ2) is 11.5. The highest BCUT2D eigenvalue weighted by Crippen LogP contribution is 2.28. The molecule has 0 amide bonds. The molecule has 0 radical (unpaired) electrons. The quantitative estimate of drug-likeness (QED) is 0.201. The molecule has 0 saturated carbocycles. The fourth-order valence-corrected chi connectivity index (χ4v) is 4.07. The van der Waals surface area contributed by atoms with Crippen LogP contribution in [0.4, 0.5) is 11.4 Å². The lowest BCUT2D eigenvalue weighted by Gasteiger charge is -2.10. The molecule has 0 aliphatic heterocycles. The molecular formula is C22H28N2O6S. The Bertz CT molecular complexity index is 1000. The number of anilines is 1. The van der Waals surface area contributed by atoms with Gasteiger partial charge >= 0.3 is 0 Å². The van der Waals surface area contributed by atoms with E-state index in [4.69, 9.17) is 4.74 Å². The molecule has 0 unspecified atom stereocenters. The third-order valence-corrected chi connectivity index (χ3v) is 5.98. The van der Waals surface area contributed by atoms with E-state index in [9.17, 15) is 23.3 Å². The third kappa shape index (κ3) is 7.36. The lowest BCUT2D eigenvalue weighted by Crippen LogP contribution is -2.18. The first-order chi connectivity index (χ1) is 14.8. The molecule has 0 bridgehead atoms. The maximum absolute atomic E-state index is 12.8. The Balaban J connectivity index is 2.24. The van der Waals surface area contributed by atoms with Gasteiger partial charge in [0.05, 0.1) is 17.3 Å². The number of nitro benzene ring substituents is 1. The van der Waals surface area contributed by atoms with Gasteiger partial charge in [-0.1, -0.05) is 33.1 Å². The van der Waals surface area contributed by atoms with Crippen LogP contribution in [0, 0.1) is 10.1 Å². The predicted octanol–water partition coefficient (Wildman–Crippen LogP) is 4.94. The van der Waals surface area contributed by atoms with Crippen LogP contribution in [0.5, 0.6) is 5.75 Å². The number of rotatable bonds is 13. The lowest BCUT2D eigenvalue weighted by molar-refractivity contribution is -0.383. The predicted molar refractivity (Wildman–Crippen MR) is 120 cm³/mol. The van der Waals surface area contributed by atoms with Crippen LogP contribution in [0.1, 0.15) is 61.9 Å². The Morgan fingerprint density at radius 2 is 1.65 bits per heavy atom. The normalized spacial score (nSPS) is 11.2. The Kier molecular flexibility index (Phi) is 8.99. The Morgan fingerprint density at radius 3 is 2.26 bits per heavy atom. The van der Waals surface area contributed by atoms with E-state index in [1.807, 2.05) is 6.92 Å². The molecule has 0 saturated heterocycles. The number of carbonyl (C=O) groups is 1. The zero-order chi connectivity index (χ0) is 22.9. The molecule has 2 rings (SSSR count). The minimum Gasteiger partial charge on any atom is -0.494 e. The van der Waals surface area contributed by atoms with Crippen LogP contribution in [-0.4, -0.2) is 31.5 Å². The molecule has 168 valence electrons. The van der Waals surface area contributed by atoms with E-state index in [-0.39, 0.29) is 22.8 Å². The third-order valence-electron chi connectivity index (χ3n) is 4.62. The standard InChI is InChI=1S/C22H28N2O6S/c1-3-5-7-15-31(28,29)23-20-16-18(10-13-21(20)24(26)27)22(25)17-8-11-19(12-9-17)30-14-6-4-2/h8-13,16,23H,3-7,14-15H2,1-2H3. The molecule has 0 heterocycles. The van der Waals surface area contributed by atoms with Gasteiger partial charge in [-0.2, -0.15) is 0 Å². The summed E-state index contributed by atoms with van der Waals surface area (Å²) in [7, 11) is -3.77. The molecule has 8 nitrogen and oxygen atoms in total. The first-order valence-electron chi connectivity index (χ1n) is 10.3. The van der Waals surface area contributed by atoms with Crippen molar-refractivity contribution in [3.05, 3.63) is 63.7 Å². The highest BCUT2D eigenvalue weighted by atomic mass is 32.2. The number of nitrogens with one attached hydrogen (secondary N) is 1. The summed E-state index contributed by atoms with van der Waals surface area (Å²) in [6.07, 6.45) is 3.98. The summed E-state index contributed by atoms with van der Waals surface area (Å²) in [6, 6.07) is 10.3. The van der Waals surface area contributed by atoms with Crippen molar-refractivity contribution in [1.82, 2.24) is 0 Å². The SMILES string of the molecule is CCCCCS(=O)(=O)Nc1cc(C(=O)c2ccc(OCCCC)cc2)ccc1[N+](=O)[O-]. The Labute approximate surface area is 182 Å². The molecule has 0 aromatic heterocycles. The van der Waals surface area contributed by atoms with Gasteiger partial charge in [0.1, 0.15) is 11.4 Å². The Hall–Kier alpha value is -2.94. The van der Waals surface area contributed by atoms with Crippen molar-refractivity contribution in [2.75, 3.05) is 17.1 Å². The highest BCUT2D eigenvalue weighted by molar-refractivity contribution is 7.92. The van der Waals surface area contributed by atoms with E-state index in [0.717, 1.165) is 31.7 Å². The van der Waals surface area contributed by atoms with Crippen molar-refractivity contribution in [1.29, 1.82) is 0 Å². The highest BCUT2D eigenvalue weighted by Gasteiger charge is 2.21. The minimum absolute atomic E-state index is 0.143. The average Bonchev–Trinajstić information content (AvgIpc) is 2.73. The van der Waals surface area contributed by atoms with Gasteiger partial charge in [-0.05, 0) is 49.2 Å². The minimum atomic E-state index is -3.77. The van der Waals surface area contributed by atoms with Crippen molar-refractivity contribution >= 4 is 27.2 Å². The fourth-order valence-electron chi connectivity index (χ4n) is 2.88. The van der Waals surface area contributed by atoms with Crippen LogP contribution in [0.2, 0.25) is 0 Å². The van der Waals surface area contributed by atoms with Crippen molar-refractivity contribution in [3.63, 3.8) is 0 Å². The van der Waals surface area contributed by atoms with Crippen molar-refractivity contribution in [2.24, 2.45) is 0 Å². The molecule has 2 aromatic carbocycles. The van der Waals surface area contributed by atoms with Gasteiger partial charge in [0.25, 0.3) is 5.69 Å². The van der Waals surface area contributed by atoms with Gasteiger partial charge in [-0.25, -0.2) is 8.42 Å². The molecule has 31 heavy (non-hydrogen) atoms. The first-order valence-corrected chi connectivity index (χ1v) is 12.0. The van der Waals surface area contributed by atoms with Crippen LogP contribution in [0.15, 0.2) is 42.5 Å². The summed E-state index contributed by atoms with van der Waals surface area (Å²) in [5, 5.41) is 11.3. The van der Waals surface area contributed by atoms with Crippen LogP contribution >= 0.6 is 0 Å². The number of benzene rings is 2. The van der Waals surface area contributed by atoms with Gasteiger partial charge in [0.2, 0.25) is 10.0 Å². The van der Waals surface area contributed by atoms with Crippen LogP contribution in [-0.2, 0) is 10.0 Å². The summed E-state index contributed by atoms with van der Waals surface area (Å²) >= 11 is 0. The van der Waals surface area contributed by atoms with Gasteiger partial charge in [0.15, 0.2) is 5.78 Å². The van der Waals surface area contributed by atoms with Crippen LogP contribution in [0.25, 0.3) is 0 Å². The second-order valence-electron chi connectivity index (χ2n) is 7.17. The molecule has 0 aliphatic carbocycles. The maximum Gasteiger partial charge on any atom is 0.293 e. The molecule has 0 atom stereocenters. The van der Waals surface area contributed by atoms with Gasteiger partial charge in [-0.3, -0.25) is 19.6 Å². The summed E-state index contributed by atoms with van der Waals surface area (Å²) in [5.74, 6) is 0.131. The van der Waals surface area contributed by atoms with Crippen LogP contribution < -0.4 is 9.46 Å². The summed E-state index contributed by atoms with van der Waals surface area (Å²) < 4.78 is 32.5. The van der Waals surface area contributed by atoms with E-state index < -0.39 is 20.6 Å². The number of sulfonamides is 1. The molecule has 0 aliphatic rings. The van der Waals surface area contributed by atoms with Gasteiger partial charge < -0.3 is 4.74 Å². The Morgan fingerprint density at radius 1 is 1.00 bits per heavy atom. The van der Waals surface area contributed by atoms with E-state index in [1.54, 1.807) is 24.3 Å². The van der Waals surface area contributed by atoms with E-state index in [1.165, 1.54) is 12.1 Å². The molecule has 0 spiro atoms. The first kappa shape index (κ1) is 24.3. The molecular weight excluding hydrogens is 420 g/mol. The van der Waals surface area contributed by atoms with Crippen molar-refractivity contribution < 1.29 is 22.9 Å². The van der Waals surface area contributed by atoms with E-state index >= 15 is 0 Å². The van der Waals surface area contributed by atoms with Crippen LogP contribution in [0.3, 0.4) is 0 Å². The number of nitro groups is 1. The van der Waals surface area contributed by atoms with E-state index in [0.29, 0.717) is 24.3 Å². The maximum atomic E-state index is 12.8. The molecule has 9 heteroatoms. The molecule has 0 fully saturated rings. The summed E-state index contributed by atoms with van der Waals surface area (Å²) in [6.45, 7) is 4.60. The summed E-state index contributed by atoms with van der Waals surface area (Å²) in [4.78, 5) is 23.5. The van der Waals surface area contributed by atoms with Gasteiger partial charge in [-0.15, -0.1) is 0 Å². The molecule has 1 N–H and O–H groups in total. The number of nitrogens with zero attached hydrogens (tertiary/aromatic N) is 1. The number of ether oxygens (including phenoxy) is 1. The monoisotopic (exact) mass is 448 g/mol. The van der Waals surface area contributed by atoms with E-state index in [2.05, 4.69) is 11.6 Å². The van der Waals surface area contributed by atoms with Crippen molar-refractivity contribution in [3.8, 4) is 5.75 Å². The number of carbonyl (C=O) groups excluding carboxylic acids is 1. The zero-order valence-corrected chi connectivity index (χ0v) is 18.6. The fraction of sp³-hybridized carbons (Fsp3) is 0.409. The number of hydrogen-bond acceptors (Lipinski definition) is 6. The lowest BCUT2D eigenvalue weighted by atomic mass is 10.0. The number of ketones is 1. The molecule has 2 aromatic rings. The number of hydrogen-bond donors (Lipinski definition) is 1. The second-order valence-corrected chi connectivity index (χ2v) is 9.01. The summed E-state index contributed by atoms with van der Waals surface area (Å²) in [5.41, 5.74) is -0.105.